The maximum absolute atomic E-state index is 12.3. The second-order valence-electron chi connectivity index (χ2n) is 6.87. The van der Waals surface area contributed by atoms with E-state index < -0.39 is 0 Å². The average Bonchev–Trinajstić information content (AvgIpc) is 3.39. The SMILES string of the molecule is Cc1ccc(-n2c(SCC(=O)N/N=C\c3ccc(C)s3)nnc2-c2ccccc2)cc1. The third-order valence-corrected chi connectivity index (χ3v) is 6.30. The Hall–Kier alpha value is -3.23. The van der Waals surface area contributed by atoms with Gasteiger partial charge in [-0.05, 0) is 38.1 Å². The van der Waals surface area contributed by atoms with Crippen LogP contribution in [0.1, 0.15) is 15.3 Å². The van der Waals surface area contributed by atoms with Gasteiger partial charge in [-0.3, -0.25) is 9.36 Å². The molecule has 4 rings (SSSR count). The average molecular weight is 448 g/mol. The molecule has 0 saturated carbocycles. The number of benzene rings is 2. The number of hydrogen-bond acceptors (Lipinski definition) is 6. The summed E-state index contributed by atoms with van der Waals surface area (Å²) in [7, 11) is 0. The Morgan fingerprint density at radius 3 is 2.55 bits per heavy atom. The second-order valence-corrected chi connectivity index (χ2v) is 9.14. The van der Waals surface area contributed by atoms with Gasteiger partial charge in [0.1, 0.15) is 0 Å². The van der Waals surface area contributed by atoms with E-state index in [1.807, 2.05) is 85.1 Å². The molecule has 1 amide bonds. The summed E-state index contributed by atoms with van der Waals surface area (Å²) in [5, 5.41) is 13.4. The molecule has 0 spiro atoms. The van der Waals surface area contributed by atoms with Crippen LogP contribution in [0.25, 0.3) is 17.1 Å². The second kappa shape index (κ2) is 9.72. The van der Waals surface area contributed by atoms with E-state index in [-0.39, 0.29) is 11.7 Å². The summed E-state index contributed by atoms with van der Waals surface area (Å²) in [5.74, 6) is 0.715. The molecule has 6 nitrogen and oxygen atoms in total. The number of carbonyl (C=O) groups excluding carboxylic acids is 1. The van der Waals surface area contributed by atoms with Crippen LogP contribution in [0.15, 0.2) is 77.0 Å². The van der Waals surface area contributed by atoms with Crippen molar-refractivity contribution in [1.29, 1.82) is 0 Å². The molecule has 31 heavy (non-hydrogen) atoms. The van der Waals surface area contributed by atoms with Gasteiger partial charge in [-0.15, -0.1) is 21.5 Å². The van der Waals surface area contributed by atoms with E-state index in [1.165, 1.54) is 22.2 Å². The fourth-order valence-corrected chi connectivity index (χ4v) is 4.41. The highest BCUT2D eigenvalue weighted by atomic mass is 32.2. The van der Waals surface area contributed by atoms with Crippen molar-refractivity contribution in [1.82, 2.24) is 20.2 Å². The third kappa shape index (κ3) is 5.28. The van der Waals surface area contributed by atoms with Gasteiger partial charge in [-0.1, -0.05) is 59.8 Å². The fourth-order valence-electron chi connectivity index (χ4n) is 2.92. The van der Waals surface area contributed by atoms with E-state index in [0.29, 0.717) is 5.16 Å². The summed E-state index contributed by atoms with van der Waals surface area (Å²) in [6.45, 7) is 4.08. The molecule has 1 N–H and O–H groups in total. The molecule has 0 saturated heterocycles. The van der Waals surface area contributed by atoms with Crippen molar-refractivity contribution in [3.05, 3.63) is 82.0 Å². The Labute approximate surface area is 189 Å². The van der Waals surface area contributed by atoms with Crippen molar-refractivity contribution >= 4 is 35.2 Å². The molecule has 0 fully saturated rings. The Bertz CT molecular complexity index is 1200. The Morgan fingerprint density at radius 1 is 1.06 bits per heavy atom. The standard InChI is InChI=1S/C23H21N5OS2/c1-16-8-11-19(12-9-16)28-22(18-6-4-3-5-7-18)26-27-23(28)30-15-21(29)25-24-14-20-13-10-17(2)31-20/h3-14H,15H2,1-2H3,(H,25,29)/b24-14-. The molecule has 8 heteroatoms. The number of aryl methyl sites for hydroxylation is 2. The van der Waals surface area contributed by atoms with Crippen LogP contribution >= 0.6 is 23.1 Å². The first-order chi connectivity index (χ1) is 15.1. The van der Waals surface area contributed by atoms with Crippen LogP contribution in [0.4, 0.5) is 0 Å². The number of carbonyl (C=O) groups is 1. The minimum absolute atomic E-state index is 0.180. The van der Waals surface area contributed by atoms with Gasteiger partial charge in [-0.25, -0.2) is 5.43 Å². The van der Waals surface area contributed by atoms with Gasteiger partial charge in [0.2, 0.25) is 0 Å². The van der Waals surface area contributed by atoms with E-state index in [1.54, 1.807) is 17.6 Å². The number of thiophene rings is 1. The van der Waals surface area contributed by atoms with Gasteiger partial charge in [0.25, 0.3) is 5.91 Å². The number of amides is 1. The van der Waals surface area contributed by atoms with Crippen LogP contribution in [0.3, 0.4) is 0 Å². The highest BCUT2D eigenvalue weighted by molar-refractivity contribution is 7.99. The van der Waals surface area contributed by atoms with Gasteiger partial charge < -0.3 is 0 Å². The number of hydrazone groups is 1. The molecule has 0 aliphatic heterocycles. The fraction of sp³-hybridized carbons (Fsp3) is 0.130. The van der Waals surface area contributed by atoms with Crippen LogP contribution in [0.5, 0.6) is 0 Å². The zero-order valence-electron chi connectivity index (χ0n) is 17.1. The molecule has 2 heterocycles. The van der Waals surface area contributed by atoms with E-state index in [2.05, 4.69) is 20.7 Å². The highest BCUT2D eigenvalue weighted by Crippen LogP contribution is 2.28. The molecule has 4 aromatic rings. The minimum Gasteiger partial charge on any atom is -0.272 e. The lowest BCUT2D eigenvalue weighted by atomic mass is 10.2. The van der Waals surface area contributed by atoms with Crippen molar-refractivity contribution < 1.29 is 4.79 Å². The molecule has 0 unspecified atom stereocenters. The Morgan fingerprint density at radius 2 is 1.84 bits per heavy atom. The predicted molar refractivity (Wildman–Crippen MR) is 127 cm³/mol. The van der Waals surface area contributed by atoms with Gasteiger partial charge in [0.15, 0.2) is 11.0 Å². The van der Waals surface area contributed by atoms with Gasteiger partial charge in [-0.2, -0.15) is 5.10 Å². The number of thioether (sulfide) groups is 1. The van der Waals surface area contributed by atoms with E-state index in [9.17, 15) is 4.79 Å². The molecule has 0 aliphatic carbocycles. The molecule has 0 aliphatic rings. The van der Waals surface area contributed by atoms with Gasteiger partial charge in [0.05, 0.1) is 12.0 Å². The first kappa shape index (κ1) is 21.0. The van der Waals surface area contributed by atoms with Crippen LogP contribution in [-0.4, -0.2) is 32.6 Å². The Balaban J connectivity index is 1.51. The van der Waals surface area contributed by atoms with Gasteiger partial charge in [0, 0.05) is 21.0 Å². The number of aromatic nitrogens is 3. The topological polar surface area (TPSA) is 72.2 Å². The maximum atomic E-state index is 12.3. The molecule has 2 aromatic carbocycles. The zero-order valence-corrected chi connectivity index (χ0v) is 18.8. The van der Waals surface area contributed by atoms with Gasteiger partial charge >= 0.3 is 0 Å². The van der Waals surface area contributed by atoms with Crippen LogP contribution in [0, 0.1) is 13.8 Å². The Kier molecular flexibility index (Phi) is 6.59. The molecule has 0 radical (unpaired) electrons. The van der Waals surface area contributed by atoms with Crippen LogP contribution < -0.4 is 5.43 Å². The van der Waals surface area contributed by atoms with Crippen LogP contribution in [-0.2, 0) is 4.79 Å². The summed E-state index contributed by atoms with van der Waals surface area (Å²) >= 11 is 2.95. The highest BCUT2D eigenvalue weighted by Gasteiger charge is 2.17. The first-order valence-corrected chi connectivity index (χ1v) is 11.5. The summed E-state index contributed by atoms with van der Waals surface area (Å²) in [4.78, 5) is 14.5. The summed E-state index contributed by atoms with van der Waals surface area (Å²) < 4.78 is 1.98. The van der Waals surface area contributed by atoms with Crippen molar-refractivity contribution in [2.24, 2.45) is 5.10 Å². The largest absolute Gasteiger partial charge is 0.272 e. The monoisotopic (exact) mass is 447 g/mol. The summed E-state index contributed by atoms with van der Waals surface area (Å²) in [6, 6.07) is 22.0. The molecule has 0 bridgehead atoms. The quantitative estimate of drug-likeness (QED) is 0.250. The summed E-state index contributed by atoms with van der Waals surface area (Å²) in [6.07, 6.45) is 1.66. The van der Waals surface area contributed by atoms with E-state index >= 15 is 0 Å². The molecule has 2 aromatic heterocycles. The van der Waals surface area contributed by atoms with Crippen molar-refractivity contribution in [3.63, 3.8) is 0 Å². The normalized spacial score (nSPS) is 11.2. The number of nitrogens with one attached hydrogen (secondary N) is 1. The summed E-state index contributed by atoms with van der Waals surface area (Å²) in [5.41, 5.74) is 5.65. The lowest BCUT2D eigenvalue weighted by Gasteiger charge is -2.10. The van der Waals surface area contributed by atoms with Crippen molar-refractivity contribution in [2.75, 3.05) is 5.75 Å². The zero-order chi connectivity index (χ0) is 21.6. The lowest BCUT2D eigenvalue weighted by molar-refractivity contribution is -0.118. The van der Waals surface area contributed by atoms with E-state index in [4.69, 9.17) is 0 Å². The molecule has 156 valence electrons. The third-order valence-electron chi connectivity index (χ3n) is 4.43. The molecular formula is C23H21N5OS2. The predicted octanol–water partition coefficient (Wildman–Crippen LogP) is 4.86. The molecular weight excluding hydrogens is 426 g/mol. The smallest absolute Gasteiger partial charge is 0.250 e. The lowest BCUT2D eigenvalue weighted by Crippen LogP contribution is -2.19. The number of hydrogen-bond donors (Lipinski definition) is 1. The number of nitrogens with zero attached hydrogens (tertiary/aromatic N) is 4. The van der Waals surface area contributed by atoms with Crippen molar-refractivity contribution in [3.8, 4) is 17.1 Å². The van der Waals surface area contributed by atoms with E-state index in [0.717, 1.165) is 22.0 Å². The van der Waals surface area contributed by atoms with Crippen LogP contribution in [0.2, 0.25) is 0 Å². The minimum atomic E-state index is -0.200. The maximum Gasteiger partial charge on any atom is 0.250 e. The first-order valence-electron chi connectivity index (χ1n) is 9.69. The van der Waals surface area contributed by atoms with Crippen molar-refractivity contribution in [2.45, 2.75) is 19.0 Å². The number of rotatable bonds is 7. The molecule has 0 atom stereocenters.